The third-order valence-corrected chi connectivity index (χ3v) is 3.23. The van der Waals surface area contributed by atoms with Gasteiger partial charge in [0.05, 0.1) is 12.7 Å². The highest BCUT2D eigenvalue weighted by molar-refractivity contribution is 5.78. The van der Waals surface area contributed by atoms with Crippen LogP contribution in [0.5, 0.6) is 0 Å². The average Bonchev–Trinajstić information content (AvgIpc) is 2.47. The molecule has 2 unspecified atom stereocenters. The molecule has 1 amide bonds. The van der Waals surface area contributed by atoms with Crippen LogP contribution >= 0.6 is 0 Å². The lowest BCUT2D eigenvalue weighted by atomic mass is 9.80. The summed E-state index contributed by atoms with van der Waals surface area (Å²) in [5.41, 5.74) is 0.149. The fourth-order valence-electron chi connectivity index (χ4n) is 2.03. The van der Waals surface area contributed by atoms with Crippen molar-refractivity contribution in [3.63, 3.8) is 0 Å². The van der Waals surface area contributed by atoms with Crippen molar-refractivity contribution >= 4 is 5.91 Å². The van der Waals surface area contributed by atoms with E-state index in [-0.39, 0.29) is 17.9 Å². The Morgan fingerprint density at radius 2 is 2.19 bits per heavy atom. The summed E-state index contributed by atoms with van der Waals surface area (Å²) in [7, 11) is 1.55. The molecule has 0 radical (unpaired) electrons. The number of nitrogens with zero attached hydrogens (tertiary/aromatic N) is 1. The first kappa shape index (κ1) is 13.5. The van der Waals surface area contributed by atoms with E-state index in [1.165, 1.54) is 0 Å². The summed E-state index contributed by atoms with van der Waals surface area (Å²) < 4.78 is 4.86. The molecule has 0 aromatic carbocycles. The Morgan fingerprint density at radius 1 is 1.56 bits per heavy atom. The van der Waals surface area contributed by atoms with Gasteiger partial charge in [-0.3, -0.25) is 4.79 Å². The smallest absolute Gasteiger partial charge is 0.223 e. The van der Waals surface area contributed by atoms with Gasteiger partial charge in [-0.2, -0.15) is 0 Å². The third kappa shape index (κ3) is 3.46. The lowest BCUT2D eigenvalue weighted by Gasteiger charge is -2.27. The summed E-state index contributed by atoms with van der Waals surface area (Å²) in [5.74, 6) is 0.532. The Morgan fingerprint density at radius 3 is 2.62 bits per heavy atom. The summed E-state index contributed by atoms with van der Waals surface area (Å²) in [6.07, 6.45) is 0.0242. The van der Waals surface area contributed by atoms with Crippen molar-refractivity contribution < 1.29 is 14.6 Å². The van der Waals surface area contributed by atoms with E-state index in [1.807, 2.05) is 0 Å². The number of carbonyl (C=O) groups excluding carboxylic acids is 1. The number of hydrogen-bond acceptors (Lipinski definition) is 3. The van der Waals surface area contributed by atoms with Crippen molar-refractivity contribution in [2.45, 2.75) is 33.3 Å². The number of hydrogen-bond donors (Lipinski definition) is 1. The van der Waals surface area contributed by atoms with Crippen LogP contribution in [-0.4, -0.2) is 48.8 Å². The van der Waals surface area contributed by atoms with Gasteiger partial charge in [0.2, 0.25) is 5.91 Å². The number of aliphatic hydroxyl groups excluding tert-OH is 1. The summed E-state index contributed by atoms with van der Waals surface area (Å²) in [4.78, 5) is 13.5. The predicted molar refractivity (Wildman–Crippen MR) is 62.0 cm³/mol. The fraction of sp³-hybridized carbons (Fsp3) is 0.917. The monoisotopic (exact) mass is 229 g/mol. The molecule has 4 heteroatoms. The number of aliphatic hydroxyl groups is 1. The minimum atomic E-state index is -0.576. The molecule has 1 aliphatic heterocycles. The van der Waals surface area contributed by atoms with Crippen LogP contribution in [0.2, 0.25) is 0 Å². The maximum Gasteiger partial charge on any atom is 0.223 e. The molecule has 94 valence electrons. The molecule has 0 aromatic heterocycles. The van der Waals surface area contributed by atoms with E-state index in [1.54, 1.807) is 12.0 Å². The second-order valence-electron chi connectivity index (χ2n) is 5.67. The highest BCUT2D eigenvalue weighted by atomic mass is 16.5. The SMILES string of the molecule is COCC(O)CN1CC(C(C)(C)C)CC1=O. The molecule has 1 rings (SSSR count). The highest BCUT2D eigenvalue weighted by Crippen LogP contribution is 2.34. The quantitative estimate of drug-likeness (QED) is 0.779. The van der Waals surface area contributed by atoms with Crippen LogP contribution < -0.4 is 0 Å². The summed E-state index contributed by atoms with van der Waals surface area (Å²) in [5, 5.41) is 9.60. The Hall–Kier alpha value is -0.610. The van der Waals surface area contributed by atoms with Crippen LogP contribution in [0.3, 0.4) is 0 Å². The molecule has 0 aliphatic carbocycles. The van der Waals surface area contributed by atoms with Gasteiger partial charge in [0.15, 0.2) is 0 Å². The van der Waals surface area contributed by atoms with Gasteiger partial charge in [-0.05, 0) is 11.3 Å². The van der Waals surface area contributed by atoms with E-state index in [2.05, 4.69) is 20.8 Å². The van der Waals surface area contributed by atoms with E-state index < -0.39 is 6.10 Å². The molecular weight excluding hydrogens is 206 g/mol. The van der Waals surface area contributed by atoms with Crippen molar-refractivity contribution in [3.8, 4) is 0 Å². The van der Waals surface area contributed by atoms with Crippen molar-refractivity contribution in [1.29, 1.82) is 0 Å². The van der Waals surface area contributed by atoms with Gasteiger partial charge in [-0.15, -0.1) is 0 Å². The molecule has 16 heavy (non-hydrogen) atoms. The zero-order chi connectivity index (χ0) is 12.3. The van der Waals surface area contributed by atoms with Crippen LogP contribution in [0.1, 0.15) is 27.2 Å². The molecule has 1 fully saturated rings. The third-order valence-electron chi connectivity index (χ3n) is 3.23. The van der Waals surface area contributed by atoms with Crippen LogP contribution in [0.4, 0.5) is 0 Å². The maximum atomic E-state index is 11.7. The molecule has 0 bridgehead atoms. The number of β-amino-alcohol motifs (C(OH)–C–C–N with tert-alkyl or cyclic N) is 1. The largest absolute Gasteiger partial charge is 0.389 e. The second kappa shape index (κ2) is 5.15. The zero-order valence-corrected chi connectivity index (χ0v) is 10.7. The fourth-order valence-corrected chi connectivity index (χ4v) is 2.03. The average molecular weight is 229 g/mol. The molecule has 1 heterocycles. The van der Waals surface area contributed by atoms with E-state index in [0.717, 1.165) is 6.54 Å². The van der Waals surface area contributed by atoms with Crippen LogP contribution in [-0.2, 0) is 9.53 Å². The van der Waals surface area contributed by atoms with Crippen LogP contribution in [0.15, 0.2) is 0 Å². The minimum absolute atomic E-state index is 0.148. The first-order valence-electron chi connectivity index (χ1n) is 5.79. The minimum Gasteiger partial charge on any atom is -0.389 e. The summed E-state index contributed by atoms with van der Waals surface area (Å²) in [6, 6.07) is 0. The lowest BCUT2D eigenvalue weighted by molar-refractivity contribution is -0.129. The van der Waals surface area contributed by atoms with E-state index in [0.29, 0.717) is 18.9 Å². The topological polar surface area (TPSA) is 49.8 Å². The van der Waals surface area contributed by atoms with Crippen LogP contribution in [0, 0.1) is 11.3 Å². The predicted octanol–water partition coefficient (Wildman–Crippen LogP) is 0.888. The Balaban J connectivity index is 2.49. The molecule has 0 aromatic rings. The zero-order valence-electron chi connectivity index (χ0n) is 10.7. The molecule has 4 nitrogen and oxygen atoms in total. The van der Waals surface area contributed by atoms with Gasteiger partial charge < -0.3 is 14.7 Å². The number of methoxy groups -OCH3 is 1. The van der Waals surface area contributed by atoms with Crippen molar-refractivity contribution in [1.82, 2.24) is 4.90 Å². The molecule has 1 saturated heterocycles. The van der Waals surface area contributed by atoms with Gasteiger partial charge in [0.1, 0.15) is 0 Å². The first-order chi connectivity index (χ1) is 7.34. The number of likely N-dealkylation sites (tertiary alicyclic amines) is 1. The molecule has 1 aliphatic rings. The summed E-state index contributed by atoms with van der Waals surface area (Å²) in [6.45, 7) is 7.88. The molecule has 0 saturated carbocycles. The molecule has 2 atom stereocenters. The van der Waals surface area contributed by atoms with E-state index >= 15 is 0 Å². The number of carbonyl (C=O) groups is 1. The number of amides is 1. The Kier molecular flexibility index (Phi) is 4.33. The Labute approximate surface area is 97.6 Å². The molecule has 1 N–H and O–H groups in total. The maximum absolute atomic E-state index is 11.7. The Bertz CT molecular complexity index is 247. The molecule has 0 spiro atoms. The van der Waals surface area contributed by atoms with E-state index in [4.69, 9.17) is 4.74 Å². The van der Waals surface area contributed by atoms with E-state index in [9.17, 15) is 9.90 Å². The van der Waals surface area contributed by atoms with Crippen molar-refractivity contribution in [2.24, 2.45) is 11.3 Å². The summed E-state index contributed by atoms with van der Waals surface area (Å²) >= 11 is 0. The van der Waals surface area contributed by atoms with Crippen LogP contribution in [0.25, 0.3) is 0 Å². The number of ether oxygens (including phenoxy) is 1. The second-order valence-corrected chi connectivity index (χ2v) is 5.67. The first-order valence-corrected chi connectivity index (χ1v) is 5.79. The lowest BCUT2D eigenvalue weighted by Crippen LogP contribution is -2.36. The van der Waals surface area contributed by atoms with Gasteiger partial charge in [0.25, 0.3) is 0 Å². The standard InChI is InChI=1S/C12H23NO3/c1-12(2,3)9-5-11(15)13(6-9)7-10(14)8-16-4/h9-10,14H,5-8H2,1-4H3. The van der Waals surface area contributed by atoms with Gasteiger partial charge >= 0.3 is 0 Å². The van der Waals surface area contributed by atoms with Crippen molar-refractivity contribution in [3.05, 3.63) is 0 Å². The normalized spacial score (nSPS) is 23.9. The number of rotatable bonds is 4. The van der Waals surface area contributed by atoms with Gasteiger partial charge in [0, 0.05) is 26.6 Å². The van der Waals surface area contributed by atoms with Crippen molar-refractivity contribution in [2.75, 3.05) is 26.8 Å². The highest BCUT2D eigenvalue weighted by Gasteiger charge is 2.37. The molecular formula is C12H23NO3. The van der Waals surface area contributed by atoms with Gasteiger partial charge in [-0.25, -0.2) is 0 Å². The van der Waals surface area contributed by atoms with Gasteiger partial charge in [-0.1, -0.05) is 20.8 Å².